The zero-order valence-electron chi connectivity index (χ0n) is 11.3. The van der Waals surface area contributed by atoms with E-state index in [-0.39, 0.29) is 6.10 Å². The summed E-state index contributed by atoms with van der Waals surface area (Å²) in [4.78, 5) is 0. The standard InChI is InChI=1S/C16H22ClNO/c17-15-7-3-5-13(15)10-18-11-16-14-6-2-1-4-12(14)8-9-19-16/h1-2,4,6,13,15-16,18H,3,5,7-11H2. The Kier molecular flexibility index (Phi) is 4.42. The maximum atomic E-state index is 6.31. The second-order valence-corrected chi connectivity index (χ2v) is 6.23. The number of halogens is 1. The highest BCUT2D eigenvalue weighted by Crippen LogP contribution is 2.30. The average molecular weight is 280 g/mol. The van der Waals surface area contributed by atoms with Crippen molar-refractivity contribution >= 4 is 11.6 Å². The first-order valence-electron chi connectivity index (χ1n) is 7.39. The van der Waals surface area contributed by atoms with Crippen molar-refractivity contribution in [2.75, 3.05) is 19.7 Å². The summed E-state index contributed by atoms with van der Waals surface area (Å²) in [6.07, 6.45) is 4.97. The fraction of sp³-hybridized carbons (Fsp3) is 0.625. The Morgan fingerprint density at radius 3 is 2.95 bits per heavy atom. The molecule has 3 rings (SSSR count). The first kappa shape index (κ1) is 13.4. The molecule has 1 aliphatic heterocycles. The summed E-state index contributed by atoms with van der Waals surface area (Å²) in [5.74, 6) is 0.639. The number of rotatable bonds is 4. The molecular weight excluding hydrogens is 258 g/mol. The minimum atomic E-state index is 0.208. The molecule has 3 atom stereocenters. The first-order valence-corrected chi connectivity index (χ1v) is 7.82. The number of nitrogens with one attached hydrogen (secondary N) is 1. The fourth-order valence-electron chi connectivity index (χ4n) is 3.27. The van der Waals surface area contributed by atoms with Gasteiger partial charge in [-0.3, -0.25) is 0 Å². The highest BCUT2D eigenvalue weighted by molar-refractivity contribution is 6.20. The van der Waals surface area contributed by atoms with E-state index in [0.29, 0.717) is 11.3 Å². The highest BCUT2D eigenvalue weighted by atomic mass is 35.5. The number of hydrogen-bond acceptors (Lipinski definition) is 2. The van der Waals surface area contributed by atoms with E-state index < -0.39 is 0 Å². The summed E-state index contributed by atoms with van der Waals surface area (Å²) >= 11 is 6.31. The number of alkyl halides is 1. The molecule has 1 N–H and O–H groups in total. The lowest BCUT2D eigenvalue weighted by molar-refractivity contribution is 0.0420. The summed E-state index contributed by atoms with van der Waals surface area (Å²) in [6, 6.07) is 8.63. The van der Waals surface area contributed by atoms with Crippen LogP contribution >= 0.6 is 11.6 Å². The molecule has 0 saturated heterocycles. The van der Waals surface area contributed by atoms with Crippen LogP contribution in [0.5, 0.6) is 0 Å². The second-order valence-electron chi connectivity index (χ2n) is 5.67. The summed E-state index contributed by atoms with van der Waals surface area (Å²) in [7, 11) is 0. The maximum absolute atomic E-state index is 6.31. The van der Waals surface area contributed by atoms with Crippen LogP contribution < -0.4 is 5.32 Å². The van der Waals surface area contributed by atoms with Gasteiger partial charge in [-0.15, -0.1) is 11.6 Å². The number of hydrogen-bond donors (Lipinski definition) is 1. The van der Waals surface area contributed by atoms with E-state index in [0.717, 1.165) is 26.1 Å². The van der Waals surface area contributed by atoms with Crippen molar-refractivity contribution in [1.82, 2.24) is 5.32 Å². The predicted octanol–water partition coefficient (Wildman–Crippen LogP) is 3.30. The number of ether oxygens (including phenoxy) is 1. The van der Waals surface area contributed by atoms with E-state index in [1.807, 2.05) is 0 Å². The van der Waals surface area contributed by atoms with Gasteiger partial charge in [-0.2, -0.15) is 0 Å². The Morgan fingerprint density at radius 2 is 2.11 bits per heavy atom. The summed E-state index contributed by atoms with van der Waals surface area (Å²) in [6.45, 7) is 2.76. The third kappa shape index (κ3) is 3.13. The van der Waals surface area contributed by atoms with Crippen LogP contribution in [0.2, 0.25) is 0 Å². The molecule has 1 aliphatic carbocycles. The fourth-order valence-corrected chi connectivity index (χ4v) is 3.64. The highest BCUT2D eigenvalue weighted by Gasteiger charge is 2.26. The minimum absolute atomic E-state index is 0.208. The molecule has 2 nitrogen and oxygen atoms in total. The van der Waals surface area contributed by atoms with Gasteiger partial charge in [0, 0.05) is 11.9 Å². The molecule has 3 heteroatoms. The molecule has 0 radical (unpaired) electrons. The van der Waals surface area contributed by atoms with Crippen LogP contribution in [0.15, 0.2) is 24.3 Å². The zero-order chi connectivity index (χ0) is 13.1. The van der Waals surface area contributed by atoms with Crippen LogP contribution in [-0.2, 0) is 11.2 Å². The number of benzene rings is 1. The van der Waals surface area contributed by atoms with Gasteiger partial charge < -0.3 is 10.1 Å². The molecular formula is C16H22ClNO. The molecule has 1 fully saturated rings. The molecule has 1 aromatic rings. The van der Waals surface area contributed by atoms with Gasteiger partial charge in [0.2, 0.25) is 0 Å². The smallest absolute Gasteiger partial charge is 0.0952 e. The predicted molar refractivity (Wildman–Crippen MR) is 78.7 cm³/mol. The minimum Gasteiger partial charge on any atom is -0.372 e. The SMILES string of the molecule is ClC1CCCC1CNCC1OCCc2ccccc21. The maximum Gasteiger partial charge on any atom is 0.0952 e. The molecule has 1 saturated carbocycles. The molecule has 19 heavy (non-hydrogen) atoms. The van der Waals surface area contributed by atoms with Crippen molar-refractivity contribution in [2.45, 2.75) is 37.2 Å². The van der Waals surface area contributed by atoms with Crippen LogP contribution in [0, 0.1) is 5.92 Å². The number of fused-ring (bicyclic) bond motifs is 1. The van der Waals surface area contributed by atoms with Gasteiger partial charge in [0.1, 0.15) is 0 Å². The largest absolute Gasteiger partial charge is 0.372 e. The van der Waals surface area contributed by atoms with Gasteiger partial charge in [-0.05, 0) is 42.9 Å². The zero-order valence-corrected chi connectivity index (χ0v) is 12.0. The van der Waals surface area contributed by atoms with E-state index in [9.17, 15) is 0 Å². The van der Waals surface area contributed by atoms with Gasteiger partial charge in [0.05, 0.1) is 12.7 Å². The molecule has 0 aromatic heterocycles. The Morgan fingerprint density at radius 1 is 1.21 bits per heavy atom. The van der Waals surface area contributed by atoms with Crippen molar-refractivity contribution in [3.8, 4) is 0 Å². The van der Waals surface area contributed by atoms with E-state index in [1.165, 1.54) is 30.4 Å². The molecule has 0 amide bonds. The monoisotopic (exact) mass is 279 g/mol. The average Bonchev–Trinajstić information content (AvgIpc) is 2.85. The summed E-state index contributed by atoms with van der Waals surface area (Å²) in [5, 5.41) is 3.93. The quantitative estimate of drug-likeness (QED) is 0.854. The van der Waals surface area contributed by atoms with Crippen molar-refractivity contribution in [3.05, 3.63) is 35.4 Å². The Hall–Kier alpha value is -0.570. The van der Waals surface area contributed by atoms with Crippen molar-refractivity contribution < 1.29 is 4.74 Å². The topological polar surface area (TPSA) is 21.3 Å². The van der Waals surface area contributed by atoms with Gasteiger partial charge >= 0.3 is 0 Å². The van der Waals surface area contributed by atoms with Crippen molar-refractivity contribution in [1.29, 1.82) is 0 Å². The Bertz CT molecular complexity index is 423. The van der Waals surface area contributed by atoms with Gasteiger partial charge in [0.15, 0.2) is 0 Å². The molecule has 104 valence electrons. The molecule has 2 aliphatic rings. The lowest BCUT2D eigenvalue weighted by atomic mass is 9.97. The van der Waals surface area contributed by atoms with E-state index in [1.54, 1.807) is 0 Å². The normalized spacial score (nSPS) is 30.3. The van der Waals surface area contributed by atoms with Gasteiger partial charge in [0.25, 0.3) is 0 Å². The van der Waals surface area contributed by atoms with Crippen LogP contribution in [0.1, 0.15) is 36.5 Å². The lowest BCUT2D eigenvalue weighted by Crippen LogP contribution is -2.32. The van der Waals surface area contributed by atoms with Crippen LogP contribution in [0.4, 0.5) is 0 Å². The van der Waals surface area contributed by atoms with Gasteiger partial charge in [-0.1, -0.05) is 30.7 Å². The third-order valence-electron chi connectivity index (χ3n) is 4.39. The van der Waals surface area contributed by atoms with Crippen molar-refractivity contribution in [3.63, 3.8) is 0 Å². The van der Waals surface area contributed by atoms with Crippen LogP contribution in [-0.4, -0.2) is 25.1 Å². The Balaban J connectivity index is 1.53. The first-order chi connectivity index (χ1) is 9.34. The molecule has 1 heterocycles. The van der Waals surface area contributed by atoms with Crippen LogP contribution in [0.25, 0.3) is 0 Å². The van der Waals surface area contributed by atoms with Crippen molar-refractivity contribution in [2.24, 2.45) is 5.92 Å². The van der Waals surface area contributed by atoms with Gasteiger partial charge in [-0.25, -0.2) is 0 Å². The molecule has 0 spiro atoms. The summed E-state index contributed by atoms with van der Waals surface area (Å²) < 4.78 is 5.90. The van der Waals surface area contributed by atoms with E-state index in [2.05, 4.69) is 29.6 Å². The molecule has 1 aromatic carbocycles. The second kappa shape index (κ2) is 6.25. The van der Waals surface area contributed by atoms with E-state index >= 15 is 0 Å². The summed E-state index contributed by atoms with van der Waals surface area (Å²) in [5.41, 5.74) is 2.80. The Labute approximate surface area is 120 Å². The molecule has 0 bridgehead atoms. The third-order valence-corrected chi connectivity index (χ3v) is 4.97. The molecule has 3 unspecified atom stereocenters. The van der Waals surface area contributed by atoms with E-state index in [4.69, 9.17) is 16.3 Å². The van der Waals surface area contributed by atoms with Crippen LogP contribution in [0.3, 0.4) is 0 Å². The lowest BCUT2D eigenvalue weighted by Gasteiger charge is -2.27.